The second-order valence-electron chi connectivity index (χ2n) is 9.16. The van der Waals surface area contributed by atoms with Gasteiger partial charge in [-0.25, -0.2) is 0 Å². The molecular formula is C27H26Cl3N3. The Morgan fingerprint density at radius 1 is 0.909 bits per heavy atom. The van der Waals surface area contributed by atoms with Crippen molar-refractivity contribution in [2.24, 2.45) is 0 Å². The highest BCUT2D eigenvalue weighted by Gasteiger charge is 2.33. The van der Waals surface area contributed by atoms with Crippen molar-refractivity contribution in [3.63, 3.8) is 0 Å². The first-order valence-corrected chi connectivity index (χ1v) is 12.1. The number of anilines is 1. The van der Waals surface area contributed by atoms with Gasteiger partial charge in [0.1, 0.15) is 0 Å². The lowest BCUT2D eigenvalue weighted by Gasteiger charge is -2.45. The molecule has 3 aromatic carbocycles. The monoisotopic (exact) mass is 497 g/mol. The lowest BCUT2D eigenvalue weighted by molar-refractivity contribution is 0.186. The zero-order chi connectivity index (χ0) is 23.6. The van der Waals surface area contributed by atoms with Gasteiger partial charge >= 0.3 is 0 Å². The number of hydrogen-bond donors (Lipinski definition) is 0. The van der Waals surface area contributed by atoms with E-state index >= 15 is 0 Å². The predicted molar refractivity (Wildman–Crippen MR) is 139 cm³/mol. The van der Waals surface area contributed by atoms with Crippen LogP contribution in [-0.2, 0) is 5.41 Å². The van der Waals surface area contributed by atoms with Gasteiger partial charge in [-0.05, 0) is 53.6 Å². The van der Waals surface area contributed by atoms with Crippen molar-refractivity contribution in [2.45, 2.75) is 25.3 Å². The van der Waals surface area contributed by atoms with E-state index in [1.54, 1.807) is 6.07 Å². The van der Waals surface area contributed by atoms with E-state index in [0.717, 1.165) is 36.9 Å². The van der Waals surface area contributed by atoms with Gasteiger partial charge in [-0.15, -0.1) is 0 Å². The van der Waals surface area contributed by atoms with Crippen LogP contribution in [0.3, 0.4) is 0 Å². The molecule has 0 radical (unpaired) electrons. The highest BCUT2D eigenvalue weighted by molar-refractivity contribution is 6.36. The Hall–Kier alpha value is -2.22. The van der Waals surface area contributed by atoms with E-state index in [9.17, 15) is 0 Å². The Morgan fingerprint density at radius 2 is 1.58 bits per heavy atom. The van der Waals surface area contributed by atoms with Crippen LogP contribution in [0.5, 0.6) is 0 Å². The molecule has 0 amide bonds. The molecule has 1 atom stereocenters. The van der Waals surface area contributed by atoms with Crippen molar-refractivity contribution >= 4 is 40.5 Å². The molecule has 6 heteroatoms. The van der Waals surface area contributed by atoms with Crippen molar-refractivity contribution in [3.05, 3.63) is 98.5 Å². The van der Waals surface area contributed by atoms with Crippen LogP contribution in [-0.4, -0.2) is 31.1 Å². The fourth-order valence-corrected chi connectivity index (χ4v) is 5.25. The van der Waals surface area contributed by atoms with E-state index in [4.69, 9.17) is 40.1 Å². The van der Waals surface area contributed by atoms with E-state index in [1.165, 1.54) is 11.1 Å². The molecule has 0 saturated carbocycles. The van der Waals surface area contributed by atoms with Gasteiger partial charge in [0.15, 0.2) is 0 Å². The Kier molecular flexibility index (Phi) is 7.22. The summed E-state index contributed by atoms with van der Waals surface area (Å²) in [5.41, 5.74) is 4.05. The Morgan fingerprint density at radius 3 is 2.21 bits per heavy atom. The summed E-state index contributed by atoms with van der Waals surface area (Å²) in [5.74, 6) is 0. The summed E-state index contributed by atoms with van der Waals surface area (Å²) in [6, 6.07) is 24.0. The average Bonchev–Trinajstić information content (AvgIpc) is 2.80. The second-order valence-corrected chi connectivity index (χ2v) is 10.4. The molecule has 1 fully saturated rings. The Bertz CT molecular complexity index is 1150. The molecule has 3 aromatic rings. The topological polar surface area (TPSA) is 30.3 Å². The second kappa shape index (κ2) is 9.95. The van der Waals surface area contributed by atoms with Crippen LogP contribution < -0.4 is 4.90 Å². The number of rotatable bonds is 5. The fourth-order valence-electron chi connectivity index (χ4n) is 4.60. The largest absolute Gasteiger partial charge is 0.361 e. The van der Waals surface area contributed by atoms with Crippen molar-refractivity contribution in [2.75, 3.05) is 31.1 Å². The van der Waals surface area contributed by atoms with Crippen molar-refractivity contribution in [1.29, 1.82) is 5.26 Å². The van der Waals surface area contributed by atoms with Gasteiger partial charge in [0.05, 0.1) is 28.4 Å². The van der Waals surface area contributed by atoms with Gasteiger partial charge < -0.3 is 4.90 Å². The number of nitrogens with zero attached hydrogens (tertiary/aromatic N) is 3. The van der Waals surface area contributed by atoms with Gasteiger partial charge in [0, 0.05) is 41.6 Å². The van der Waals surface area contributed by atoms with Crippen LogP contribution in [0.15, 0.2) is 66.7 Å². The molecule has 4 rings (SSSR count). The van der Waals surface area contributed by atoms with Gasteiger partial charge in [-0.1, -0.05) is 72.9 Å². The van der Waals surface area contributed by atoms with Crippen molar-refractivity contribution in [1.82, 2.24) is 4.90 Å². The zero-order valence-electron chi connectivity index (χ0n) is 18.7. The summed E-state index contributed by atoms with van der Waals surface area (Å²) in [5, 5.41) is 11.1. The molecule has 0 spiro atoms. The first kappa shape index (κ1) is 23.9. The highest BCUT2D eigenvalue weighted by atomic mass is 35.5. The summed E-state index contributed by atoms with van der Waals surface area (Å²) >= 11 is 18.9. The maximum atomic E-state index is 9.11. The molecule has 0 unspecified atom stereocenters. The van der Waals surface area contributed by atoms with E-state index in [0.29, 0.717) is 15.6 Å². The van der Waals surface area contributed by atoms with Crippen LogP contribution in [0, 0.1) is 11.3 Å². The molecule has 0 bridgehead atoms. The first-order chi connectivity index (χ1) is 15.8. The highest BCUT2D eigenvalue weighted by Crippen LogP contribution is 2.37. The zero-order valence-corrected chi connectivity index (χ0v) is 21.0. The predicted octanol–water partition coefficient (Wildman–Crippen LogP) is 7.36. The average molecular weight is 499 g/mol. The molecule has 1 aliphatic heterocycles. The van der Waals surface area contributed by atoms with Gasteiger partial charge in [0.25, 0.3) is 0 Å². The number of hydrogen-bond acceptors (Lipinski definition) is 3. The lowest BCUT2D eigenvalue weighted by Crippen LogP contribution is -2.51. The first-order valence-electron chi connectivity index (χ1n) is 11.0. The normalized spacial score (nSPS) is 17.1. The lowest BCUT2D eigenvalue weighted by atomic mass is 9.83. The van der Waals surface area contributed by atoms with E-state index in [1.807, 2.05) is 36.4 Å². The molecule has 0 N–H and O–H groups in total. The third-order valence-electron chi connectivity index (χ3n) is 6.35. The van der Waals surface area contributed by atoms with Crippen LogP contribution >= 0.6 is 34.8 Å². The summed E-state index contributed by atoms with van der Waals surface area (Å²) in [6.07, 6.45) is 0. The minimum atomic E-state index is -0.0569. The van der Waals surface area contributed by atoms with Crippen LogP contribution in [0.25, 0.3) is 0 Å². The Balaban J connectivity index is 1.60. The minimum absolute atomic E-state index is 0.0569. The molecule has 3 nitrogen and oxygen atoms in total. The van der Waals surface area contributed by atoms with Crippen LogP contribution in [0.4, 0.5) is 5.69 Å². The molecule has 0 aromatic heterocycles. The summed E-state index contributed by atoms with van der Waals surface area (Å²) in [4.78, 5) is 4.88. The molecule has 0 aliphatic carbocycles. The van der Waals surface area contributed by atoms with Gasteiger partial charge in [-0.3, -0.25) is 4.90 Å². The van der Waals surface area contributed by atoms with Crippen LogP contribution in [0.1, 0.15) is 36.6 Å². The smallest absolute Gasteiger partial charge is 0.0991 e. The molecule has 1 heterocycles. The quantitative estimate of drug-likeness (QED) is 0.368. The number of nitriles is 1. The summed E-state index contributed by atoms with van der Waals surface area (Å²) in [7, 11) is 0. The van der Waals surface area contributed by atoms with Gasteiger partial charge in [0.2, 0.25) is 0 Å². The Labute approximate surface area is 211 Å². The maximum Gasteiger partial charge on any atom is 0.0991 e. The SMILES string of the molecule is CC(C)(CN1CCN(c2ccc(Cl)cc2Cl)[C@H](c2ccc(Cl)cc2)C1)c1ccc(C#N)cc1. The van der Waals surface area contributed by atoms with Crippen molar-refractivity contribution < 1.29 is 0 Å². The molecule has 33 heavy (non-hydrogen) atoms. The van der Waals surface area contributed by atoms with E-state index in [2.05, 4.69) is 54.0 Å². The van der Waals surface area contributed by atoms with Crippen LogP contribution in [0.2, 0.25) is 15.1 Å². The third kappa shape index (κ3) is 5.48. The molecule has 170 valence electrons. The van der Waals surface area contributed by atoms with Gasteiger partial charge in [-0.2, -0.15) is 5.26 Å². The molecule has 1 saturated heterocycles. The molecule has 1 aliphatic rings. The number of piperazine rings is 1. The molecular weight excluding hydrogens is 473 g/mol. The third-order valence-corrected chi connectivity index (χ3v) is 7.14. The maximum absolute atomic E-state index is 9.11. The fraction of sp³-hybridized carbons (Fsp3) is 0.296. The number of benzene rings is 3. The summed E-state index contributed by atoms with van der Waals surface area (Å²) < 4.78 is 0. The van der Waals surface area contributed by atoms with E-state index in [-0.39, 0.29) is 11.5 Å². The summed E-state index contributed by atoms with van der Waals surface area (Å²) in [6.45, 7) is 8.05. The standard InChI is InChI=1S/C27H26Cl3N3/c1-27(2,21-7-3-19(16-31)4-8-21)18-32-13-14-33(25-12-11-23(29)15-24(25)30)26(17-32)20-5-9-22(28)10-6-20/h3-12,15,26H,13-14,17-18H2,1-2H3/t26-/m0/s1. The van der Waals surface area contributed by atoms with E-state index < -0.39 is 0 Å². The minimum Gasteiger partial charge on any atom is -0.361 e. The number of halogens is 3. The van der Waals surface area contributed by atoms with Crippen molar-refractivity contribution in [3.8, 4) is 6.07 Å².